The van der Waals surface area contributed by atoms with Crippen LogP contribution in [-0.4, -0.2) is 11.9 Å². The second-order valence-corrected chi connectivity index (χ2v) is 6.21. The highest BCUT2D eigenvalue weighted by Crippen LogP contribution is 2.37. The van der Waals surface area contributed by atoms with Crippen LogP contribution < -0.4 is 20.7 Å². The van der Waals surface area contributed by atoms with Crippen molar-refractivity contribution in [3.8, 4) is 11.5 Å². The molecule has 1 heterocycles. The van der Waals surface area contributed by atoms with E-state index in [2.05, 4.69) is 16.0 Å². The molecule has 1 aliphatic heterocycles. The van der Waals surface area contributed by atoms with Crippen molar-refractivity contribution in [2.24, 2.45) is 0 Å². The molecule has 0 spiro atoms. The number of urea groups is 1. The van der Waals surface area contributed by atoms with Gasteiger partial charge in [0.05, 0.1) is 11.3 Å². The van der Waals surface area contributed by atoms with E-state index in [1.54, 1.807) is 30.3 Å². The summed E-state index contributed by atoms with van der Waals surface area (Å²) in [7, 11) is 0. The molecule has 0 unspecified atom stereocenters. The number of aryl methyl sites for hydroxylation is 1. The fraction of sp³-hybridized carbons (Fsp3) is 0.0476. The highest BCUT2D eigenvalue weighted by atomic mass is 16.5. The Hall–Kier alpha value is -3.80. The highest BCUT2D eigenvalue weighted by molar-refractivity contribution is 6.09. The van der Waals surface area contributed by atoms with Gasteiger partial charge in [-0.1, -0.05) is 24.3 Å². The number of hydrogen-bond donors (Lipinski definition) is 3. The van der Waals surface area contributed by atoms with Gasteiger partial charge in [-0.15, -0.1) is 0 Å². The largest absolute Gasteiger partial charge is 0.454 e. The first-order chi connectivity index (χ1) is 13.1. The van der Waals surface area contributed by atoms with Crippen molar-refractivity contribution >= 4 is 29.0 Å². The average molecular weight is 359 g/mol. The molecule has 0 bridgehead atoms. The number of carbonyl (C=O) groups is 2. The van der Waals surface area contributed by atoms with E-state index in [-0.39, 0.29) is 5.91 Å². The van der Waals surface area contributed by atoms with Crippen molar-refractivity contribution < 1.29 is 14.3 Å². The van der Waals surface area contributed by atoms with Gasteiger partial charge in [0.1, 0.15) is 5.75 Å². The first-order valence-electron chi connectivity index (χ1n) is 8.45. The second-order valence-electron chi connectivity index (χ2n) is 6.21. The third-order valence-electron chi connectivity index (χ3n) is 4.12. The molecule has 3 N–H and O–H groups in total. The normalized spacial score (nSPS) is 12.0. The van der Waals surface area contributed by atoms with Crippen LogP contribution in [-0.2, 0) is 0 Å². The lowest BCUT2D eigenvalue weighted by Gasteiger charge is -2.11. The Morgan fingerprint density at radius 3 is 2.44 bits per heavy atom. The minimum atomic E-state index is -0.394. The van der Waals surface area contributed by atoms with Crippen molar-refractivity contribution in [3.63, 3.8) is 0 Å². The van der Waals surface area contributed by atoms with E-state index < -0.39 is 6.03 Å². The Bertz CT molecular complexity index is 1030. The summed E-state index contributed by atoms with van der Waals surface area (Å²) >= 11 is 0. The monoisotopic (exact) mass is 359 g/mol. The number of amides is 3. The molecule has 6 nitrogen and oxygen atoms in total. The van der Waals surface area contributed by atoms with Crippen LogP contribution in [0.4, 0.5) is 21.9 Å². The number of para-hydroxylation sites is 1. The molecular formula is C21H17N3O3. The molecule has 27 heavy (non-hydrogen) atoms. The molecule has 0 aliphatic carbocycles. The van der Waals surface area contributed by atoms with E-state index in [0.29, 0.717) is 34.1 Å². The molecule has 134 valence electrons. The van der Waals surface area contributed by atoms with Crippen LogP contribution in [0, 0.1) is 6.92 Å². The lowest BCUT2D eigenvalue weighted by Crippen LogP contribution is -2.19. The summed E-state index contributed by atoms with van der Waals surface area (Å²) in [6.07, 6.45) is 0. The Balaban J connectivity index is 1.55. The molecule has 1 aliphatic rings. The van der Waals surface area contributed by atoms with E-state index in [1.807, 2.05) is 43.3 Å². The van der Waals surface area contributed by atoms with Gasteiger partial charge in [0.25, 0.3) is 5.91 Å². The third-order valence-corrected chi connectivity index (χ3v) is 4.12. The van der Waals surface area contributed by atoms with Gasteiger partial charge in [-0.3, -0.25) is 4.79 Å². The topological polar surface area (TPSA) is 79.5 Å². The summed E-state index contributed by atoms with van der Waals surface area (Å²) in [6.45, 7) is 1.94. The molecule has 6 heteroatoms. The van der Waals surface area contributed by atoms with Crippen LogP contribution in [0.1, 0.15) is 15.9 Å². The molecule has 0 saturated carbocycles. The van der Waals surface area contributed by atoms with Crippen molar-refractivity contribution in [2.45, 2.75) is 6.92 Å². The van der Waals surface area contributed by atoms with Crippen molar-refractivity contribution in [1.82, 2.24) is 0 Å². The van der Waals surface area contributed by atoms with Gasteiger partial charge in [0.2, 0.25) is 0 Å². The van der Waals surface area contributed by atoms with Gasteiger partial charge in [0, 0.05) is 11.4 Å². The lowest BCUT2D eigenvalue weighted by atomic mass is 10.1. The summed E-state index contributed by atoms with van der Waals surface area (Å²) in [5, 5.41) is 8.31. The molecule has 3 aromatic rings. The van der Waals surface area contributed by atoms with Gasteiger partial charge in [0.15, 0.2) is 5.75 Å². The maximum atomic E-state index is 12.6. The second kappa shape index (κ2) is 6.84. The smallest absolute Gasteiger partial charge is 0.323 e. The highest BCUT2D eigenvalue weighted by Gasteiger charge is 2.21. The number of fused-ring (bicyclic) bond motifs is 2. The zero-order valence-electron chi connectivity index (χ0n) is 14.6. The van der Waals surface area contributed by atoms with E-state index in [4.69, 9.17) is 4.74 Å². The van der Waals surface area contributed by atoms with Gasteiger partial charge >= 0.3 is 6.03 Å². The van der Waals surface area contributed by atoms with Crippen molar-refractivity contribution in [3.05, 3.63) is 77.9 Å². The van der Waals surface area contributed by atoms with Gasteiger partial charge in [-0.2, -0.15) is 0 Å². The van der Waals surface area contributed by atoms with Crippen LogP contribution in [0.2, 0.25) is 0 Å². The minimum absolute atomic E-state index is 0.290. The summed E-state index contributed by atoms with van der Waals surface area (Å²) < 4.78 is 5.87. The fourth-order valence-corrected chi connectivity index (χ4v) is 2.83. The molecule has 4 rings (SSSR count). The zero-order chi connectivity index (χ0) is 18.8. The number of carbonyl (C=O) groups excluding carboxylic acids is 2. The summed E-state index contributed by atoms with van der Waals surface area (Å²) in [5.74, 6) is 0.723. The molecule has 0 aromatic heterocycles. The molecule has 0 saturated heterocycles. The minimum Gasteiger partial charge on any atom is -0.454 e. The van der Waals surface area contributed by atoms with Gasteiger partial charge in [-0.25, -0.2) is 4.79 Å². The van der Waals surface area contributed by atoms with E-state index in [1.165, 1.54) is 0 Å². The Morgan fingerprint density at radius 2 is 1.63 bits per heavy atom. The number of rotatable bonds is 2. The Morgan fingerprint density at radius 1 is 0.889 bits per heavy atom. The number of hydrogen-bond acceptors (Lipinski definition) is 3. The number of anilines is 3. The lowest BCUT2D eigenvalue weighted by molar-refractivity contribution is 0.102. The van der Waals surface area contributed by atoms with Crippen molar-refractivity contribution in [2.75, 3.05) is 16.0 Å². The van der Waals surface area contributed by atoms with E-state index >= 15 is 0 Å². The number of ether oxygens (including phenoxy) is 1. The first kappa shape index (κ1) is 16.7. The summed E-state index contributed by atoms with van der Waals surface area (Å²) in [5.41, 5.74) is 3.15. The molecule has 0 radical (unpaired) electrons. The SMILES string of the molecule is Cc1ccc2c(c1)NC(=O)c1cc(NC(=O)Nc3ccccc3)ccc1O2. The van der Waals surface area contributed by atoms with E-state index in [9.17, 15) is 9.59 Å². The van der Waals surface area contributed by atoms with Crippen LogP contribution in [0.3, 0.4) is 0 Å². The Labute approximate surface area is 156 Å². The zero-order valence-corrected chi connectivity index (χ0v) is 14.6. The van der Waals surface area contributed by atoms with Gasteiger partial charge < -0.3 is 20.7 Å². The van der Waals surface area contributed by atoms with Crippen molar-refractivity contribution in [1.29, 1.82) is 0 Å². The molecule has 0 fully saturated rings. The maximum absolute atomic E-state index is 12.6. The molecule has 3 amide bonds. The quantitative estimate of drug-likeness (QED) is 0.602. The third kappa shape index (κ3) is 3.59. The van der Waals surface area contributed by atoms with Crippen LogP contribution in [0.5, 0.6) is 11.5 Å². The molecule has 3 aromatic carbocycles. The van der Waals surface area contributed by atoms with E-state index in [0.717, 1.165) is 5.56 Å². The average Bonchev–Trinajstić information content (AvgIpc) is 2.78. The fourth-order valence-electron chi connectivity index (χ4n) is 2.83. The van der Waals surface area contributed by atoms with Crippen LogP contribution >= 0.6 is 0 Å². The molecular weight excluding hydrogens is 342 g/mol. The van der Waals surface area contributed by atoms with Crippen LogP contribution in [0.25, 0.3) is 0 Å². The predicted molar refractivity (Wildman–Crippen MR) is 105 cm³/mol. The van der Waals surface area contributed by atoms with Gasteiger partial charge in [-0.05, 0) is 55.0 Å². The number of nitrogens with one attached hydrogen (secondary N) is 3. The standard InChI is InChI=1S/C21H17N3O3/c1-13-7-9-19-17(11-13)24-20(25)16-12-15(8-10-18(16)27-19)23-21(26)22-14-5-3-2-4-6-14/h2-12H,1H3,(H,24,25)(H2,22,23,26). The Kier molecular flexibility index (Phi) is 4.22. The van der Waals surface area contributed by atoms with Crippen LogP contribution in [0.15, 0.2) is 66.7 Å². The number of benzene rings is 3. The molecule has 0 atom stereocenters. The predicted octanol–water partition coefficient (Wildman–Crippen LogP) is 5.00. The summed E-state index contributed by atoms with van der Waals surface area (Å²) in [6, 6.07) is 19.3. The maximum Gasteiger partial charge on any atom is 0.323 e. The summed E-state index contributed by atoms with van der Waals surface area (Å²) in [4.78, 5) is 24.8. The first-order valence-corrected chi connectivity index (χ1v) is 8.45.